The summed E-state index contributed by atoms with van der Waals surface area (Å²) in [4.78, 5) is 12.0. The summed E-state index contributed by atoms with van der Waals surface area (Å²) < 4.78 is 15.5. The number of thioether (sulfide) groups is 1. The first-order chi connectivity index (χ1) is 12.7. The predicted molar refractivity (Wildman–Crippen MR) is 101 cm³/mol. The predicted octanol–water partition coefficient (Wildman–Crippen LogP) is 3.55. The van der Waals surface area contributed by atoms with Crippen molar-refractivity contribution in [1.29, 1.82) is 0 Å². The molecule has 0 bridgehead atoms. The Morgan fingerprint density at radius 2 is 2.15 bits per heavy atom. The SMILES string of the molecule is CSc1nnc(CCCNC(=O)Cc2cccc(F)c2)n1C1CCCC1. The highest BCUT2D eigenvalue weighted by atomic mass is 32.2. The Hall–Kier alpha value is -1.89. The van der Waals surface area contributed by atoms with Gasteiger partial charge in [-0.25, -0.2) is 4.39 Å². The van der Waals surface area contributed by atoms with Gasteiger partial charge in [0.1, 0.15) is 11.6 Å². The highest BCUT2D eigenvalue weighted by molar-refractivity contribution is 7.98. The molecule has 1 aliphatic rings. The smallest absolute Gasteiger partial charge is 0.224 e. The molecule has 7 heteroatoms. The Labute approximate surface area is 157 Å². The molecule has 1 aromatic carbocycles. The zero-order valence-electron chi connectivity index (χ0n) is 15.1. The van der Waals surface area contributed by atoms with E-state index < -0.39 is 0 Å². The van der Waals surface area contributed by atoms with Crippen LogP contribution in [0.5, 0.6) is 0 Å². The molecule has 0 aliphatic heterocycles. The van der Waals surface area contributed by atoms with Crippen LogP contribution in [-0.2, 0) is 17.6 Å². The van der Waals surface area contributed by atoms with Gasteiger partial charge in [-0.15, -0.1) is 10.2 Å². The maximum Gasteiger partial charge on any atom is 0.224 e. The van der Waals surface area contributed by atoms with E-state index in [1.54, 1.807) is 23.9 Å². The van der Waals surface area contributed by atoms with E-state index in [1.165, 1.54) is 37.8 Å². The Morgan fingerprint density at radius 3 is 2.88 bits per heavy atom. The molecule has 1 heterocycles. The fraction of sp³-hybridized carbons (Fsp3) is 0.526. The number of rotatable bonds is 8. The van der Waals surface area contributed by atoms with Crippen molar-refractivity contribution in [3.8, 4) is 0 Å². The molecule has 0 atom stereocenters. The molecule has 1 amide bonds. The summed E-state index contributed by atoms with van der Waals surface area (Å²) in [5.74, 6) is 0.615. The molecule has 0 saturated heterocycles. The summed E-state index contributed by atoms with van der Waals surface area (Å²) in [5, 5.41) is 12.6. The first-order valence-corrected chi connectivity index (χ1v) is 10.4. The van der Waals surface area contributed by atoms with Crippen LogP contribution in [0.3, 0.4) is 0 Å². The minimum absolute atomic E-state index is 0.0855. The minimum Gasteiger partial charge on any atom is -0.356 e. The molecule has 1 aliphatic carbocycles. The van der Waals surface area contributed by atoms with Crippen LogP contribution in [0, 0.1) is 5.82 Å². The number of halogens is 1. The zero-order chi connectivity index (χ0) is 18.4. The minimum atomic E-state index is -0.314. The number of nitrogens with zero attached hydrogens (tertiary/aromatic N) is 3. The van der Waals surface area contributed by atoms with Crippen molar-refractivity contribution in [1.82, 2.24) is 20.1 Å². The number of aryl methyl sites for hydroxylation is 1. The monoisotopic (exact) mass is 376 g/mol. The van der Waals surface area contributed by atoms with Gasteiger partial charge in [-0.1, -0.05) is 36.7 Å². The third kappa shape index (κ3) is 4.84. The lowest BCUT2D eigenvalue weighted by Gasteiger charge is -2.16. The van der Waals surface area contributed by atoms with Gasteiger partial charge >= 0.3 is 0 Å². The van der Waals surface area contributed by atoms with E-state index in [4.69, 9.17) is 0 Å². The summed E-state index contributed by atoms with van der Waals surface area (Å²) in [7, 11) is 0. The lowest BCUT2D eigenvalue weighted by atomic mass is 10.1. The van der Waals surface area contributed by atoms with E-state index in [1.807, 2.05) is 6.26 Å². The highest BCUT2D eigenvalue weighted by Crippen LogP contribution is 2.33. The topological polar surface area (TPSA) is 59.8 Å². The molecule has 5 nitrogen and oxygen atoms in total. The van der Waals surface area contributed by atoms with Crippen LogP contribution >= 0.6 is 11.8 Å². The van der Waals surface area contributed by atoms with E-state index in [-0.39, 0.29) is 18.1 Å². The van der Waals surface area contributed by atoms with Gasteiger partial charge in [0.2, 0.25) is 5.91 Å². The summed E-state index contributed by atoms with van der Waals surface area (Å²) >= 11 is 1.64. The number of nitrogens with one attached hydrogen (secondary N) is 1. The average molecular weight is 377 g/mol. The number of carbonyl (C=O) groups is 1. The molecule has 0 radical (unpaired) electrons. The Bertz CT molecular complexity index is 743. The number of hydrogen-bond donors (Lipinski definition) is 1. The molecule has 1 aromatic heterocycles. The first-order valence-electron chi connectivity index (χ1n) is 9.16. The van der Waals surface area contributed by atoms with Crippen molar-refractivity contribution in [2.45, 2.75) is 56.1 Å². The standard InChI is InChI=1S/C19H25FN4OS/c1-26-19-23-22-17(24(19)16-8-2-3-9-16)10-5-11-21-18(25)13-14-6-4-7-15(20)12-14/h4,6-7,12,16H,2-3,5,8-11,13H2,1H3,(H,21,25). The highest BCUT2D eigenvalue weighted by Gasteiger charge is 2.23. The number of amides is 1. The summed E-state index contributed by atoms with van der Waals surface area (Å²) in [6.45, 7) is 0.584. The molecule has 140 valence electrons. The van der Waals surface area contributed by atoms with Gasteiger partial charge in [0, 0.05) is 19.0 Å². The number of carbonyl (C=O) groups excluding carboxylic acids is 1. The summed E-state index contributed by atoms with van der Waals surface area (Å²) in [6, 6.07) is 6.68. The Kier molecular flexibility index (Phi) is 6.66. The fourth-order valence-corrected chi connectivity index (χ4v) is 4.09. The second-order valence-electron chi connectivity index (χ2n) is 6.67. The van der Waals surface area contributed by atoms with Crippen molar-refractivity contribution < 1.29 is 9.18 Å². The van der Waals surface area contributed by atoms with E-state index >= 15 is 0 Å². The summed E-state index contributed by atoms with van der Waals surface area (Å²) in [5.41, 5.74) is 0.688. The molecule has 26 heavy (non-hydrogen) atoms. The lowest BCUT2D eigenvalue weighted by Crippen LogP contribution is -2.26. The zero-order valence-corrected chi connectivity index (χ0v) is 15.9. The third-order valence-corrected chi connectivity index (χ3v) is 5.40. The summed E-state index contributed by atoms with van der Waals surface area (Å²) in [6.07, 6.45) is 8.78. The molecule has 2 aromatic rings. The van der Waals surface area contributed by atoms with Crippen LogP contribution in [0.1, 0.15) is 49.5 Å². The molecule has 1 saturated carbocycles. The van der Waals surface area contributed by atoms with Gasteiger partial charge in [-0.2, -0.15) is 0 Å². The van der Waals surface area contributed by atoms with Crippen molar-refractivity contribution in [3.63, 3.8) is 0 Å². The van der Waals surface area contributed by atoms with Gasteiger partial charge in [-0.3, -0.25) is 4.79 Å². The van der Waals surface area contributed by atoms with Crippen LogP contribution < -0.4 is 5.32 Å². The maximum absolute atomic E-state index is 13.2. The quantitative estimate of drug-likeness (QED) is 0.565. The van der Waals surface area contributed by atoms with Gasteiger partial charge in [0.25, 0.3) is 0 Å². The Morgan fingerprint density at radius 1 is 1.35 bits per heavy atom. The van der Waals surface area contributed by atoms with Crippen molar-refractivity contribution in [2.24, 2.45) is 0 Å². The fourth-order valence-electron chi connectivity index (χ4n) is 3.52. The van der Waals surface area contributed by atoms with Gasteiger partial charge in [0.15, 0.2) is 5.16 Å². The van der Waals surface area contributed by atoms with Crippen LogP contribution in [0.15, 0.2) is 29.4 Å². The van der Waals surface area contributed by atoms with E-state index in [0.717, 1.165) is 23.8 Å². The number of benzene rings is 1. The first kappa shape index (κ1) is 18.9. The van der Waals surface area contributed by atoms with Crippen LogP contribution in [0.4, 0.5) is 4.39 Å². The molecular formula is C19H25FN4OS. The number of hydrogen-bond acceptors (Lipinski definition) is 4. The van der Waals surface area contributed by atoms with Crippen LogP contribution in [0.2, 0.25) is 0 Å². The molecule has 0 unspecified atom stereocenters. The largest absolute Gasteiger partial charge is 0.356 e. The number of aromatic nitrogens is 3. The molecule has 0 spiro atoms. The Balaban J connectivity index is 1.47. The van der Waals surface area contributed by atoms with Crippen LogP contribution in [-0.4, -0.2) is 33.5 Å². The van der Waals surface area contributed by atoms with Gasteiger partial charge in [-0.05, 0) is 43.2 Å². The van der Waals surface area contributed by atoms with E-state index in [2.05, 4.69) is 20.1 Å². The second kappa shape index (κ2) is 9.16. The van der Waals surface area contributed by atoms with Crippen LogP contribution in [0.25, 0.3) is 0 Å². The molecule has 1 fully saturated rings. The van der Waals surface area contributed by atoms with E-state index in [0.29, 0.717) is 18.2 Å². The van der Waals surface area contributed by atoms with E-state index in [9.17, 15) is 9.18 Å². The van der Waals surface area contributed by atoms with Crippen molar-refractivity contribution >= 4 is 17.7 Å². The van der Waals surface area contributed by atoms with Crippen molar-refractivity contribution in [3.05, 3.63) is 41.5 Å². The molecular weight excluding hydrogens is 351 g/mol. The second-order valence-corrected chi connectivity index (χ2v) is 7.44. The maximum atomic E-state index is 13.2. The van der Waals surface area contributed by atoms with Gasteiger partial charge in [0.05, 0.1) is 6.42 Å². The average Bonchev–Trinajstić information content (AvgIpc) is 3.27. The molecule has 1 N–H and O–H groups in total. The normalized spacial score (nSPS) is 14.7. The van der Waals surface area contributed by atoms with Crippen molar-refractivity contribution in [2.75, 3.05) is 12.8 Å². The lowest BCUT2D eigenvalue weighted by molar-refractivity contribution is -0.120. The van der Waals surface area contributed by atoms with Gasteiger partial charge < -0.3 is 9.88 Å². The molecule has 3 rings (SSSR count). The third-order valence-electron chi connectivity index (χ3n) is 4.76.